The van der Waals surface area contributed by atoms with Crippen LogP contribution in [0.3, 0.4) is 0 Å². The largest absolute Gasteiger partial charge is 0.449 e. The van der Waals surface area contributed by atoms with E-state index >= 15 is 0 Å². The molecule has 3 rings (SSSR count). The first kappa shape index (κ1) is 17.9. The van der Waals surface area contributed by atoms with Gasteiger partial charge < -0.3 is 10.1 Å². The van der Waals surface area contributed by atoms with E-state index in [1.807, 2.05) is 30.3 Å². The quantitative estimate of drug-likeness (QED) is 0.812. The van der Waals surface area contributed by atoms with Crippen molar-refractivity contribution in [1.82, 2.24) is 15.2 Å². The van der Waals surface area contributed by atoms with Gasteiger partial charge >= 0.3 is 12.0 Å². The van der Waals surface area contributed by atoms with Crippen molar-refractivity contribution in [2.75, 3.05) is 13.1 Å². The fraction of sp³-hybridized carbons (Fsp3) is 0.222. The number of nitrogens with zero attached hydrogens (tertiary/aromatic N) is 2. The number of imide groups is 1. The summed E-state index contributed by atoms with van der Waals surface area (Å²) in [6.07, 6.45) is 0.520. The van der Waals surface area contributed by atoms with Crippen LogP contribution in [0.1, 0.15) is 17.3 Å². The Hall–Kier alpha value is -2.87. The molecule has 0 saturated carbocycles. The molecule has 1 aliphatic rings. The molecule has 0 bridgehead atoms. The van der Waals surface area contributed by atoms with Gasteiger partial charge in [0.1, 0.15) is 5.03 Å². The number of urea groups is 1. The number of carbonyl (C=O) groups is 3. The predicted octanol–water partition coefficient (Wildman–Crippen LogP) is 2.33. The molecule has 1 aromatic carbocycles. The molecule has 134 valence electrons. The first-order chi connectivity index (χ1) is 12.6. The van der Waals surface area contributed by atoms with Crippen LogP contribution >= 0.6 is 11.8 Å². The van der Waals surface area contributed by atoms with Gasteiger partial charge in [-0.25, -0.2) is 14.6 Å². The third-order valence-electron chi connectivity index (χ3n) is 3.70. The third kappa shape index (κ3) is 4.02. The van der Waals surface area contributed by atoms with Crippen molar-refractivity contribution >= 4 is 29.7 Å². The number of amides is 3. The summed E-state index contributed by atoms with van der Waals surface area (Å²) in [6, 6.07) is 12.3. The van der Waals surface area contributed by atoms with E-state index in [0.29, 0.717) is 11.6 Å². The van der Waals surface area contributed by atoms with Crippen LogP contribution in [0.5, 0.6) is 0 Å². The molecule has 7 nitrogen and oxygen atoms in total. The Morgan fingerprint density at radius 3 is 2.69 bits per heavy atom. The Balaban J connectivity index is 1.71. The third-order valence-corrected chi connectivity index (χ3v) is 4.73. The van der Waals surface area contributed by atoms with Crippen LogP contribution in [0, 0.1) is 0 Å². The lowest BCUT2D eigenvalue weighted by molar-refractivity contribution is -0.136. The zero-order valence-electron chi connectivity index (χ0n) is 14.0. The van der Waals surface area contributed by atoms with Crippen molar-refractivity contribution in [2.45, 2.75) is 22.9 Å². The average molecular weight is 371 g/mol. The normalized spacial score (nSPS) is 14.7. The van der Waals surface area contributed by atoms with E-state index in [1.165, 1.54) is 18.7 Å². The Morgan fingerprint density at radius 1 is 1.23 bits per heavy atom. The van der Waals surface area contributed by atoms with Gasteiger partial charge in [0.15, 0.2) is 6.10 Å². The second kappa shape index (κ2) is 8.01. The summed E-state index contributed by atoms with van der Waals surface area (Å²) in [6.45, 7) is 2.11. The van der Waals surface area contributed by atoms with Crippen LogP contribution in [0.15, 0.2) is 58.6 Å². The summed E-state index contributed by atoms with van der Waals surface area (Å²) >= 11 is 1.33. The standard InChI is InChI=1S/C18H17N3O4S/c1-12(16(22)21-11-10-20-18(21)24)25-17(23)14-8-5-9-19-15(14)26-13-6-3-2-4-7-13/h2-9,12H,10-11H2,1H3,(H,20,24). The number of aromatic nitrogens is 1. The van der Waals surface area contributed by atoms with E-state index in [-0.39, 0.29) is 12.1 Å². The number of carbonyl (C=O) groups excluding carboxylic acids is 3. The zero-order valence-corrected chi connectivity index (χ0v) is 14.9. The van der Waals surface area contributed by atoms with Crippen LogP contribution in [0.4, 0.5) is 4.79 Å². The molecular formula is C18H17N3O4S. The summed E-state index contributed by atoms with van der Waals surface area (Å²) < 4.78 is 5.27. The van der Waals surface area contributed by atoms with Gasteiger partial charge in [-0.3, -0.25) is 9.69 Å². The maximum absolute atomic E-state index is 12.5. The molecule has 0 radical (unpaired) electrons. The number of rotatable bonds is 5. The summed E-state index contributed by atoms with van der Waals surface area (Å²) in [5, 5.41) is 3.03. The highest BCUT2D eigenvalue weighted by molar-refractivity contribution is 7.99. The minimum atomic E-state index is -1.07. The van der Waals surface area contributed by atoms with Crippen LogP contribution in [-0.4, -0.2) is 47.0 Å². The fourth-order valence-electron chi connectivity index (χ4n) is 2.40. The van der Waals surface area contributed by atoms with Crippen LogP contribution in [-0.2, 0) is 9.53 Å². The molecule has 2 aromatic rings. The maximum atomic E-state index is 12.5. The molecule has 8 heteroatoms. The van der Waals surface area contributed by atoms with E-state index in [9.17, 15) is 14.4 Å². The highest BCUT2D eigenvalue weighted by atomic mass is 32.2. The number of hydrogen-bond donors (Lipinski definition) is 1. The van der Waals surface area contributed by atoms with Crippen molar-refractivity contribution in [2.24, 2.45) is 0 Å². The minimum absolute atomic E-state index is 0.265. The van der Waals surface area contributed by atoms with E-state index < -0.39 is 24.0 Å². The SMILES string of the molecule is CC(OC(=O)c1cccnc1Sc1ccccc1)C(=O)N1CCNC1=O. The molecule has 0 spiro atoms. The number of benzene rings is 1. The van der Waals surface area contributed by atoms with Crippen molar-refractivity contribution < 1.29 is 19.1 Å². The highest BCUT2D eigenvalue weighted by Crippen LogP contribution is 2.28. The molecule has 1 atom stereocenters. The number of ether oxygens (including phenoxy) is 1. The second-order valence-electron chi connectivity index (χ2n) is 5.54. The summed E-state index contributed by atoms with van der Waals surface area (Å²) in [5.41, 5.74) is 0.270. The summed E-state index contributed by atoms with van der Waals surface area (Å²) in [7, 11) is 0. The molecule has 1 N–H and O–H groups in total. The predicted molar refractivity (Wildman–Crippen MR) is 94.8 cm³/mol. The molecule has 1 aliphatic heterocycles. The minimum Gasteiger partial charge on any atom is -0.449 e. The zero-order chi connectivity index (χ0) is 18.5. The van der Waals surface area contributed by atoms with Crippen LogP contribution in [0.2, 0.25) is 0 Å². The Labute approximate surface area is 154 Å². The Bertz CT molecular complexity index is 828. The van der Waals surface area contributed by atoms with Gasteiger partial charge in [-0.1, -0.05) is 30.0 Å². The molecule has 26 heavy (non-hydrogen) atoms. The summed E-state index contributed by atoms with van der Waals surface area (Å²) in [5.74, 6) is -1.20. The van der Waals surface area contributed by atoms with Crippen molar-refractivity contribution in [3.05, 3.63) is 54.2 Å². The lowest BCUT2D eigenvalue weighted by Crippen LogP contribution is -2.41. The molecule has 1 saturated heterocycles. The van der Waals surface area contributed by atoms with Gasteiger partial charge in [-0.05, 0) is 31.2 Å². The molecule has 1 aromatic heterocycles. The monoisotopic (exact) mass is 371 g/mol. The van der Waals surface area contributed by atoms with Gasteiger partial charge in [0.05, 0.1) is 5.56 Å². The van der Waals surface area contributed by atoms with E-state index in [2.05, 4.69) is 10.3 Å². The molecule has 3 amide bonds. The number of hydrogen-bond acceptors (Lipinski definition) is 6. The van der Waals surface area contributed by atoms with Gasteiger partial charge in [-0.2, -0.15) is 0 Å². The molecule has 0 aliphatic carbocycles. The van der Waals surface area contributed by atoms with E-state index in [1.54, 1.807) is 18.3 Å². The van der Waals surface area contributed by atoms with Crippen molar-refractivity contribution in [3.63, 3.8) is 0 Å². The molecule has 1 unspecified atom stereocenters. The van der Waals surface area contributed by atoms with Gasteiger partial charge in [0, 0.05) is 24.2 Å². The lowest BCUT2D eigenvalue weighted by atomic mass is 10.3. The van der Waals surface area contributed by atoms with Gasteiger partial charge in [0.2, 0.25) is 0 Å². The van der Waals surface area contributed by atoms with Crippen LogP contribution in [0.25, 0.3) is 0 Å². The lowest BCUT2D eigenvalue weighted by Gasteiger charge is -2.18. The van der Waals surface area contributed by atoms with E-state index in [0.717, 1.165) is 9.80 Å². The number of esters is 1. The maximum Gasteiger partial charge on any atom is 0.341 e. The molecule has 2 heterocycles. The molecule has 1 fully saturated rings. The topological polar surface area (TPSA) is 88.6 Å². The van der Waals surface area contributed by atoms with Crippen molar-refractivity contribution in [3.8, 4) is 0 Å². The van der Waals surface area contributed by atoms with Gasteiger partial charge in [-0.15, -0.1) is 0 Å². The summed E-state index contributed by atoms with van der Waals surface area (Å²) in [4.78, 5) is 42.6. The molecular weight excluding hydrogens is 354 g/mol. The van der Waals surface area contributed by atoms with E-state index in [4.69, 9.17) is 4.74 Å². The number of nitrogens with one attached hydrogen (secondary N) is 1. The van der Waals surface area contributed by atoms with Crippen molar-refractivity contribution in [1.29, 1.82) is 0 Å². The fourth-order valence-corrected chi connectivity index (χ4v) is 3.29. The Kier molecular flexibility index (Phi) is 5.52. The Morgan fingerprint density at radius 2 is 2.00 bits per heavy atom. The first-order valence-electron chi connectivity index (χ1n) is 8.04. The van der Waals surface area contributed by atoms with Crippen LogP contribution < -0.4 is 5.32 Å². The number of pyridine rings is 1. The average Bonchev–Trinajstić information content (AvgIpc) is 3.08. The van der Waals surface area contributed by atoms with Gasteiger partial charge in [0.25, 0.3) is 5.91 Å². The smallest absolute Gasteiger partial charge is 0.341 e. The second-order valence-corrected chi connectivity index (χ2v) is 6.60. The first-order valence-corrected chi connectivity index (χ1v) is 8.86. The highest BCUT2D eigenvalue weighted by Gasteiger charge is 2.32.